The van der Waals surface area contributed by atoms with Gasteiger partial charge < -0.3 is 19.7 Å². The molecule has 7 nitrogen and oxygen atoms in total. The van der Waals surface area contributed by atoms with Crippen molar-refractivity contribution in [3.05, 3.63) is 24.3 Å². The molecule has 3 rings (SSSR count). The second-order valence-corrected chi connectivity index (χ2v) is 6.45. The topological polar surface area (TPSA) is 71.1 Å². The molecule has 1 fully saturated rings. The van der Waals surface area contributed by atoms with E-state index in [4.69, 9.17) is 9.47 Å². The number of para-hydroxylation sites is 2. The number of benzene rings is 1. The van der Waals surface area contributed by atoms with Gasteiger partial charge in [0.15, 0.2) is 11.5 Å². The Bertz CT molecular complexity index is 629. The minimum Gasteiger partial charge on any atom is -0.482 e. The molecule has 0 aromatic heterocycles. The summed E-state index contributed by atoms with van der Waals surface area (Å²) in [6, 6.07) is 7.37. The van der Waals surface area contributed by atoms with Crippen LogP contribution in [0.3, 0.4) is 0 Å². The molecule has 2 amide bonds. The highest BCUT2D eigenvalue weighted by Crippen LogP contribution is 2.33. The number of nitrogens with one attached hydrogen (secondary N) is 1. The minimum absolute atomic E-state index is 0.122. The van der Waals surface area contributed by atoms with Gasteiger partial charge in [-0.15, -0.1) is 0 Å². The molecule has 7 heteroatoms. The third kappa shape index (κ3) is 4.22. The molecule has 136 valence electrons. The van der Waals surface area contributed by atoms with Crippen LogP contribution < -0.4 is 14.8 Å². The summed E-state index contributed by atoms with van der Waals surface area (Å²) in [6.45, 7) is 7.91. The van der Waals surface area contributed by atoms with E-state index in [0.717, 1.165) is 32.7 Å². The van der Waals surface area contributed by atoms with Gasteiger partial charge in [0.2, 0.25) is 12.0 Å². The van der Waals surface area contributed by atoms with Crippen molar-refractivity contribution in [1.82, 2.24) is 15.1 Å². The van der Waals surface area contributed by atoms with Crippen molar-refractivity contribution >= 4 is 11.8 Å². The van der Waals surface area contributed by atoms with Crippen LogP contribution in [-0.4, -0.2) is 73.1 Å². The van der Waals surface area contributed by atoms with Gasteiger partial charge in [-0.3, -0.25) is 14.5 Å². The maximum atomic E-state index is 12.4. The molecule has 2 aliphatic heterocycles. The number of amides is 2. The lowest BCUT2D eigenvalue weighted by Crippen LogP contribution is -2.52. The van der Waals surface area contributed by atoms with E-state index < -0.39 is 6.10 Å². The molecule has 0 spiro atoms. The van der Waals surface area contributed by atoms with Crippen LogP contribution in [0.25, 0.3) is 0 Å². The summed E-state index contributed by atoms with van der Waals surface area (Å²) in [7, 11) is 0. The van der Waals surface area contributed by atoms with E-state index in [1.165, 1.54) is 0 Å². The number of rotatable bonds is 4. The van der Waals surface area contributed by atoms with E-state index in [2.05, 4.69) is 10.2 Å². The number of ether oxygens (including phenoxy) is 2. The molecule has 0 radical (unpaired) electrons. The molecule has 25 heavy (non-hydrogen) atoms. The van der Waals surface area contributed by atoms with Crippen molar-refractivity contribution < 1.29 is 19.1 Å². The average Bonchev–Trinajstić information content (AvgIpc) is 2.61. The quantitative estimate of drug-likeness (QED) is 0.859. The van der Waals surface area contributed by atoms with E-state index in [0.29, 0.717) is 18.0 Å². The van der Waals surface area contributed by atoms with Gasteiger partial charge in [0.1, 0.15) is 6.10 Å². The largest absolute Gasteiger partial charge is 0.482 e. The lowest BCUT2D eigenvalue weighted by Gasteiger charge is -2.34. The normalized spacial score (nSPS) is 23.2. The highest BCUT2D eigenvalue weighted by Gasteiger charge is 2.33. The second kappa shape index (κ2) is 7.74. The third-order valence-corrected chi connectivity index (χ3v) is 4.65. The van der Waals surface area contributed by atoms with Crippen LogP contribution in [-0.2, 0) is 9.59 Å². The zero-order valence-corrected chi connectivity index (χ0v) is 14.7. The number of nitrogens with zero attached hydrogens (tertiary/aromatic N) is 2. The van der Waals surface area contributed by atoms with Crippen LogP contribution in [0.1, 0.15) is 13.8 Å². The number of fused-ring (bicyclic) bond motifs is 1. The Labute approximate surface area is 147 Å². The van der Waals surface area contributed by atoms with E-state index in [9.17, 15) is 9.59 Å². The van der Waals surface area contributed by atoms with Gasteiger partial charge in [-0.05, 0) is 19.1 Å². The summed E-state index contributed by atoms with van der Waals surface area (Å²) >= 11 is 0. The van der Waals surface area contributed by atoms with E-state index in [1.54, 1.807) is 13.0 Å². The third-order valence-electron chi connectivity index (χ3n) is 4.65. The number of hydrogen-bond acceptors (Lipinski definition) is 5. The zero-order valence-electron chi connectivity index (χ0n) is 14.7. The Hall–Kier alpha value is -2.28. The summed E-state index contributed by atoms with van der Waals surface area (Å²) in [5.41, 5.74) is 0. The predicted molar refractivity (Wildman–Crippen MR) is 92.7 cm³/mol. The molecule has 0 saturated carbocycles. The summed E-state index contributed by atoms with van der Waals surface area (Å²) in [5, 5.41) is 2.93. The summed E-state index contributed by atoms with van der Waals surface area (Å²) < 4.78 is 11.6. The van der Waals surface area contributed by atoms with Crippen molar-refractivity contribution in [1.29, 1.82) is 0 Å². The minimum atomic E-state index is -0.649. The molecule has 2 aliphatic rings. The first-order chi connectivity index (χ1) is 12.0. The van der Waals surface area contributed by atoms with Crippen molar-refractivity contribution in [2.24, 2.45) is 0 Å². The fraction of sp³-hybridized carbons (Fsp3) is 0.556. The second-order valence-electron chi connectivity index (χ2n) is 6.45. The van der Waals surface area contributed by atoms with Crippen molar-refractivity contribution in [2.75, 3.05) is 39.3 Å². The number of carbonyl (C=O) groups excluding carboxylic acids is 2. The summed E-state index contributed by atoms with van der Waals surface area (Å²) in [5.74, 6) is 1.23. The van der Waals surface area contributed by atoms with Crippen LogP contribution in [0.15, 0.2) is 24.3 Å². The highest BCUT2D eigenvalue weighted by molar-refractivity contribution is 5.82. The number of carbonyl (C=O) groups is 2. The average molecular weight is 347 g/mol. The van der Waals surface area contributed by atoms with Gasteiger partial charge in [0.05, 0.1) is 0 Å². The maximum Gasteiger partial charge on any atom is 0.265 e. The van der Waals surface area contributed by atoms with Crippen LogP contribution >= 0.6 is 0 Å². The lowest BCUT2D eigenvalue weighted by molar-refractivity contribution is -0.133. The van der Waals surface area contributed by atoms with Crippen LogP contribution in [0.2, 0.25) is 0 Å². The Kier molecular flexibility index (Phi) is 5.43. The zero-order chi connectivity index (χ0) is 17.8. The summed E-state index contributed by atoms with van der Waals surface area (Å²) in [4.78, 5) is 27.8. The van der Waals surface area contributed by atoms with Gasteiger partial charge >= 0.3 is 0 Å². The fourth-order valence-electron chi connectivity index (χ4n) is 3.13. The van der Waals surface area contributed by atoms with Gasteiger partial charge in [-0.2, -0.15) is 0 Å². The smallest absolute Gasteiger partial charge is 0.265 e. The molecular formula is C18H25N3O4. The molecule has 0 aliphatic carbocycles. The Morgan fingerprint density at radius 2 is 1.76 bits per heavy atom. The molecule has 1 aromatic rings. The monoisotopic (exact) mass is 347 g/mol. The molecule has 2 atom stereocenters. The van der Waals surface area contributed by atoms with E-state index >= 15 is 0 Å². The van der Waals surface area contributed by atoms with Gasteiger partial charge in [0, 0.05) is 46.2 Å². The molecule has 2 heterocycles. The van der Waals surface area contributed by atoms with Crippen LogP contribution in [0.4, 0.5) is 0 Å². The van der Waals surface area contributed by atoms with E-state index in [1.807, 2.05) is 30.0 Å². The first-order valence-corrected chi connectivity index (χ1v) is 8.72. The number of hydrogen-bond donors (Lipinski definition) is 1. The predicted octanol–water partition coefficient (Wildman–Crippen LogP) is 0.495. The molecule has 0 bridgehead atoms. The molecular weight excluding hydrogens is 322 g/mol. The summed E-state index contributed by atoms with van der Waals surface area (Å²) in [6.07, 6.45) is -0.988. The van der Waals surface area contributed by atoms with Crippen molar-refractivity contribution in [3.63, 3.8) is 0 Å². The maximum absolute atomic E-state index is 12.4. The SMILES string of the molecule is CC(=O)N1CCN(CCNC(=O)C2Oc3ccccc3OC2C)CC1. The van der Waals surface area contributed by atoms with Gasteiger partial charge in [0.25, 0.3) is 5.91 Å². The Morgan fingerprint density at radius 1 is 1.12 bits per heavy atom. The number of piperazine rings is 1. The molecule has 1 saturated heterocycles. The fourth-order valence-corrected chi connectivity index (χ4v) is 3.13. The van der Waals surface area contributed by atoms with Gasteiger partial charge in [-0.25, -0.2) is 0 Å². The first kappa shape index (κ1) is 17.5. The molecule has 1 aromatic carbocycles. The lowest BCUT2D eigenvalue weighted by atomic mass is 10.1. The Morgan fingerprint density at radius 3 is 2.40 bits per heavy atom. The van der Waals surface area contributed by atoms with Crippen LogP contribution in [0.5, 0.6) is 11.5 Å². The van der Waals surface area contributed by atoms with Crippen molar-refractivity contribution in [2.45, 2.75) is 26.1 Å². The van der Waals surface area contributed by atoms with Gasteiger partial charge in [-0.1, -0.05) is 12.1 Å². The van der Waals surface area contributed by atoms with Crippen molar-refractivity contribution in [3.8, 4) is 11.5 Å². The van der Waals surface area contributed by atoms with Crippen LogP contribution in [0, 0.1) is 0 Å². The Balaban J connectivity index is 1.43. The highest BCUT2D eigenvalue weighted by atomic mass is 16.6. The standard InChI is InChI=1S/C18H25N3O4/c1-13-17(25-16-6-4-3-5-15(16)24-13)18(23)19-7-8-20-9-11-21(12-10-20)14(2)22/h3-6,13,17H,7-12H2,1-2H3,(H,19,23). The molecule has 1 N–H and O–H groups in total. The first-order valence-electron chi connectivity index (χ1n) is 8.72. The van der Waals surface area contributed by atoms with E-state index in [-0.39, 0.29) is 17.9 Å². The molecule has 2 unspecified atom stereocenters.